The molecule has 8 heavy (non-hydrogen) atoms. The second-order valence-corrected chi connectivity index (χ2v) is 1.82. The fourth-order valence-electron chi connectivity index (χ4n) is 0.644. The summed E-state index contributed by atoms with van der Waals surface area (Å²) in [6.45, 7) is 4.10. The zero-order valence-corrected chi connectivity index (χ0v) is 4.65. The molecule has 1 nitrogen and oxygen atoms in total. The molecule has 0 fully saturated rings. The van der Waals surface area contributed by atoms with Crippen molar-refractivity contribution in [2.45, 2.75) is 13.8 Å². The van der Waals surface area contributed by atoms with Crippen LogP contribution in [-0.2, 0) is 0 Å². The van der Waals surface area contributed by atoms with Crippen molar-refractivity contribution in [1.29, 1.82) is 0 Å². The third-order valence-electron chi connectivity index (χ3n) is 0.978. The van der Waals surface area contributed by atoms with E-state index in [1.54, 1.807) is 0 Å². The van der Waals surface area contributed by atoms with Gasteiger partial charge in [-0.25, -0.2) is 0 Å². The molecule has 0 saturated heterocycles. The number of hydrogen-bond acceptors (Lipinski definition) is 0. The molecule has 2 heteroatoms. The fraction of sp³-hybridized carbons (Fsp3) is 0.333. The first-order chi connectivity index (χ1) is 3.29. The van der Waals surface area contributed by atoms with Crippen LogP contribution >= 0.6 is 0 Å². The zero-order chi connectivity index (χ0) is 5.28. The van der Waals surface area contributed by atoms with Crippen molar-refractivity contribution in [3.05, 3.63) is 23.5 Å². The first-order valence-corrected chi connectivity index (χ1v) is 2.41. The van der Waals surface area contributed by atoms with Gasteiger partial charge in [0, 0.05) is 11.4 Å². The Morgan fingerprint density at radius 3 is 1.62 bits per heavy atom. The van der Waals surface area contributed by atoms with Crippen LogP contribution in [-0.4, -0.2) is 34.5 Å². The van der Waals surface area contributed by atoms with Crippen molar-refractivity contribution >= 4 is 29.6 Å². The molecule has 0 aliphatic carbocycles. The van der Waals surface area contributed by atoms with E-state index in [4.69, 9.17) is 0 Å². The molecule has 1 aromatic heterocycles. The number of aromatic nitrogens is 1. The molecule has 0 saturated carbocycles. The molecular weight excluding hydrogens is 109 g/mol. The number of aromatic amines is 1. The summed E-state index contributed by atoms with van der Waals surface area (Å²) in [5, 5.41) is 0. The van der Waals surface area contributed by atoms with Crippen molar-refractivity contribution in [2.24, 2.45) is 0 Å². The summed E-state index contributed by atoms with van der Waals surface area (Å²) in [6.07, 6.45) is 0. The van der Waals surface area contributed by atoms with Crippen molar-refractivity contribution in [3.8, 4) is 0 Å². The molecule has 0 spiro atoms. The van der Waals surface area contributed by atoms with Gasteiger partial charge in [-0.15, -0.1) is 0 Å². The van der Waals surface area contributed by atoms with Gasteiger partial charge in [-0.3, -0.25) is 0 Å². The van der Waals surface area contributed by atoms with Crippen molar-refractivity contribution < 1.29 is 0 Å². The Balaban J connectivity index is 0.000000490. The molecule has 0 aromatic carbocycles. The first kappa shape index (κ1) is 8.28. The first-order valence-electron chi connectivity index (χ1n) is 2.41. The number of H-pyrrole nitrogens is 1. The van der Waals surface area contributed by atoms with Crippen molar-refractivity contribution in [3.63, 3.8) is 0 Å². The average Bonchev–Trinajstić information content (AvgIpc) is 1.87. The van der Waals surface area contributed by atoms with Crippen LogP contribution in [0.25, 0.3) is 0 Å². The second kappa shape index (κ2) is 3.33. The van der Waals surface area contributed by atoms with Crippen LogP contribution in [0, 0.1) is 13.8 Å². The van der Waals surface area contributed by atoms with E-state index in [0.29, 0.717) is 0 Å². The molecular formula is C6H10NNa. The van der Waals surface area contributed by atoms with Crippen LogP contribution in [0.3, 0.4) is 0 Å². The van der Waals surface area contributed by atoms with Gasteiger partial charge in [0.15, 0.2) is 0 Å². The molecule has 1 aromatic rings. The van der Waals surface area contributed by atoms with E-state index in [1.165, 1.54) is 11.4 Å². The zero-order valence-electron chi connectivity index (χ0n) is 4.65. The summed E-state index contributed by atoms with van der Waals surface area (Å²) in [5.41, 5.74) is 2.47. The monoisotopic (exact) mass is 119 g/mol. The summed E-state index contributed by atoms with van der Waals surface area (Å²) < 4.78 is 0. The summed E-state index contributed by atoms with van der Waals surface area (Å²) in [4.78, 5) is 3.14. The van der Waals surface area contributed by atoms with Gasteiger partial charge in [-0.2, -0.15) is 0 Å². The van der Waals surface area contributed by atoms with E-state index >= 15 is 0 Å². The van der Waals surface area contributed by atoms with Crippen LogP contribution in [0.15, 0.2) is 12.1 Å². The number of rotatable bonds is 0. The molecule has 0 aliphatic heterocycles. The molecule has 1 N–H and O–H groups in total. The normalized spacial score (nSPS) is 8.25. The summed E-state index contributed by atoms with van der Waals surface area (Å²) in [7, 11) is 0. The number of nitrogens with one attached hydrogen (secondary N) is 1. The SMILES string of the molecule is Cc1ccc(C)[nH]1.[NaH]. The van der Waals surface area contributed by atoms with Crippen molar-refractivity contribution in [2.75, 3.05) is 0 Å². The minimum atomic E-state index is 0. The average molecular weight is 119 g/mol. The van der Waals surface area contributed by atoms with Crippen LogP contribution < -0.4 is 0 Å². The van der Waals surface area contributed by atoms with Gasteiger partial charge in [0.25, 0.3) is 0 Å². The van der Waals surface area contributed by atoms with Crippen LogP contribution in [0.2, 0.25) is 0 Å². The van der Waals surface area contributed by atoms with E-state index in [2.05, 4.69) is 17.1 Å². The number of hydrogen-bond donors (Lipinski definition) is 1. The van der Waals surface area contributed by atoms with E-state index in [0.717, 1.165) is 0 Å². The van der Waals surface area contributed by atoms with Crippen LogP contribution in [0.1, 0.15) is 11.4 Å². The predicted octanol–water partition coefficient (Wildman–Crippen LogP) is 0.983. The molecule has 0 atom stereocenters. The molecule has 0 aliphatic rings. The van der Waals surface area contributed by atoms with Gasteiger partial charge in [0.1, 0.15) is 0 Å². The van der Waals surface area contributed by atoms with Gasteiger partial charge in [-0.05, 0) is 26.0 Å². The Morgan fingerprint density at radius 2 is 1.50 bits per heavy atom. The molecule has 1 rings (SSSR count). The molecule has 0 amide bonds. The van der Waals surface area contributed by atoms with E-state index in [-0.39, 0.29) is 29.6 Å². The van der Waals surface area contributed by atoms with Crippen LogP contribution in [0.5, 0.6) is 0 Å². The Kier molecular flexibility index (Phi) is 3.45. The molecule has 0 unspecified atom stereocenters. The van der Waals surface area contributed by atoms with E-state index < -0.39 is 0 Å². The van der Waals surface area contributed by atoms with Gasteiger partial charge >= 0.3 is 29.6 Å². The standard InChI is InChI=1S/C6H9N.Na.H/c1-5-3-4-6(2)7-5;;/h3-4,7H,1-2H3;;. The molecule has 1 heterocycles. The quantitative estimate of drug-likeness (QED) is 0.490. The number of aryl methyl sites for hydroxylation is 2. The maximum absolute atomic E-state index is 3.14. The topological polar surface area (TPSA) is 15.8 Å². The Bertz CT molecular complexity index is 141. The Hall–Kier alpha value is 0.280. The molecule has 40 valence electrons. The fourth-order valence-corrected chi connectivity index (χ4v) is 0.644. The summed E-state index contributed by atoms with van der Waals surface area (Å²) in [5.74, 6) is 0. The van der Waals surface area contributed by atoms with E-state index in [9.17, 15) is 0 Å². The molecule has 0 radical (unpaired) electrons. The van der Waals surface area contributed by atoms with E-state index in [1.807, 2.05) is 13.8 Å². The third-order valence-corrected chi connectivity index (χ3v) is 0.978. The summed E-state index contributed by atoms with van der Waals surface area (Å²) >= 11 is 0. The van der Waals surface area contributed by atoms with Crippen LogP contribution in [0.4, 0.5) is 0 Å². The Labute approximate surface area is 71.8 Å². The maximum atomic E-state index is 3.14. The minimum absolute atomic E-state index is 0. The molecule has 0 bridgehead atoms. The van der Waals surface area contributed by atoms with Crippen molar-refractivity contribution in [1.82, 2.24) is 4.98 Å². The van der Waals surface area contributed by atoms with Gasteiger partial charge < -0.3 is 4.98 Å². The Morgan fingerprint density at radius 1 is 1.12 bits per heavy atom. The van der Waals surface area contributed by atoms with Gasteiger partial charge in [0.2, 0.25) is 0 Å². The van der Waals surface area contributed by atoms with Gasteiger partial charge in [0.05, 0.1) is 0 Å². The third kappa shape index (κ3) is 2.03. The second-order valence-electron chi connectivity index (χ2n) is 1.82. The summed E-state index contributed by atoms with van der Waals surface area (Å²) in [6, 6.07) is 4.13. The predicted molar refractivity (Wildman–Crippen MR) is 37.4 cm³/mol. The van der Waals surface area contributed by atoms with Gasteiger partial charge in [-0.1, -0.05) is 0 Å².